The Morgan fingerprint density at radius 3 is 2.76 bits per heavy atom. The van der Waals surface area contributed by atoms with Crippen LogP contribution in [0.25, 0.3) is 28.2 Å². The lowest BCUT2D eigenvalue weighted by Gasteiger charge is -2.29. The molecule has 0 N–H and O–H groups in total. The Labute approximate surface area is 193 Å². The standard InChI is InChI=1S/C25H30N6O2/c1-18(2)33-14-11-30-17-26-24-22(29-9-12-32-13-10-29)16-23(27-25(24)30)31-8-7-21(28-31)20-6-4-5-19(3)15-20/h4-8,15-18H,9-14H2,1-3H3. The number of aryl methyl sites for hydroxylation is 1. The molecule has 0 unspecified atom stereocenters. The molecule has 8 heteroatoms. The van der Waals surface area contributed by atoms with Crippen molar-refractivity contribution in [1.82, 2.24) is 24.3 Å². The molecule has 1 fully saturated rings. The van der Waals surface area contributed by atoms with Crippen molar-refractivity contribution in [2.45, 2.75) is 33.4 Å². The molecule has 1 saturated heterocycles. The summed E-state index contributed by atoms with van der Waals surface area (Å²) < 4.78 is 15.3. The number of rotatable bonds is 7. The number of benzene rings is 1. The lowest BCUT2D eigenvalue weighted by Crippen LogP contribution is -2.36. The van der Waals surface area contributed by atoms with E-state index in [1.807, 2.05) is 37.1 Å². The molecule has 1 aliphatic rings. The summed E-state index contributed by atoms with van der Waals surface area (Å²) in [6.45, 7) is 10.6. The first-order valence-electron chi connectivity index (χ1n) is 11.5. The van der Waals surface area contributed by atoms with E-state index in [9.17, 15) is 0 Å². The Kier molecular flexibility index (Phi) is 6.11. The molecule has 3 aromatic heterocycles. The molecule has 4 aromatic rings. The average Bonchev–Trinajstić information content (AvgIpc) is 3.47. The van der Waals surface area contributed by atoms with E-state index < -0.39 is 0 Å². The van der Waals surface area contributed by atoms with Gasteiger partial charge >= 0.3 is 0 Å². The number of hydrogen-bond donors (Lipinski definition) is 0. The van der Waals surface area contributed by atoms with Gasteiger partial charge in [-0.1, -0.05) is 23.8 Å². The fourth-order valence-electron chi connectivity index (χ4n) is 4.13. The SMILES string of the molecule is Cc1cccc(-c2ccn(-c3cc(N4CCOCC4)c4ncn(CCOC(C)C)c4n3)n2)c1. The zero-order chi connectivity index (χ0) is 22.8. The molecule has 0 spiro atoms. The maximum absolute atomic E-state index is 5.77. The molecule has 0 amide bonds. The molecule has 5 rings (SSSR count). The van der Waals surface area contributed by atoms with Gasteiger partial charge in [-0.15, -0.1) is 0 Å². The van der Waals surface area contributed by atoms with Crippen LogP contribution in [0, 0.1) is 6.92 Å². The maximum atomic E-state index is 5.77. The number of nitrogens with zero attached hydrogens (tertiary/aromatic N) is 6. The van der Waals surface area contributed by atoms with Gasteiger partial charge in [0.15, 0.2) is 11.5 Å². The third-order valence-electron chi connectivity index (χ3n) is 5.81. The van der Waals surface area contributed by atoms with Gasteiger partial charge < -0.3 is 18.9 Å². The molecule has 1 aliphatic heterocycles. The van der Waals surface area contributed by atoms with Gasteiger partial charge in [0.2, 0.25) is 0 Å². The van der Waals surface area contributed by atoms with Crippen molar-refractivity contribution in [3.05, 3.63) is 54.5 Å². The monoisotopic (exact) mass is 446 g/mol. The van der Waals surface area contributed by atoms with Crippen molar-refractivity contribution in [3.8, 4) is 17.1 Å². The molecule has 1 aromatic carbocycles. The Morgan fingerprint density at radius 1 is 1.12 bits per heavy atom. The lowest BCUT2D eigenvalue weighted by molar-refractivity contribution is 0.0732. The number of aromatic nitrogens is 5. The Morgan fingerprint density at radius 2 is 1.97 bits per heavy atom. The van der Waals surface area contributed by atoms with Crippen molar-refractivity contribution < 1.29 is 9.47 Å². The molecular formula is C25H30N6O2. The van der Waals surface area contributed by atoms with E-state index in [0.29, 0.717) is 26.4 Å². The second kappa shape index (κ2) is 9.33. The van der Waals surface area contributed by atoms with E-state index in [1.165, 1.54) is 5.56 Å². The maximum Gasteiger partial charge on any atom is 0.164 e. The van der Waals surface area contributed by atoms with Crippen LogP contribution in [0.5, 0.6) is 0 Å². The zero-order valence-electron chi connectivity index (χ0n) is 19.4. The van der Waals surface area contributed by atoms with Gasteiger partial charge in [0.25, 0.3) is 0 Å². The smallest absolute Gasteiger partial charge is 0.164 e. The summed E-state index contributed by atoms with van der Waals surface area (Å²) in [5, 5.41) is 4.84. The van der Waals surface area contributed by atoms with Crippen molar-refractivity contribution in [1.29, 1.82) is 0 Å². The Bertz CT molecular complexity index is 1240. The molecule has 33 heavy (non-hydrogen) atoms. The van der Waals surface area contributed by atoms with Crippen LogP contribution in [0.2, 0.25) is 0 Å². The van der Waals surface area contributed by atoms with Gasteiger partial charge in [-0.05, 0) is 32.9 Å². The summed E-state index contributed by atoms with van der Waals surface area (Å²) in [6.07, 6.45) is 4.02. The van der Waals surface area contributed by atoms with Crippen LogP contribution in [0.1, 0.15) is 19.4 Å². The second-order valence-corrected chi connectivity index (χ2v) is 8.64. The van der Waals surface area contributed by atoms with Crippen LogP contribution in [0.4, 0.5) is 5.69 Å². The molecule has 0 saturated carbocycles. The van der Waals surface area contributed by atoms with E-state index in [1.54, 1.807) is 0 Å². The minimum Gasteiger partial charge on any atom is -0.378 e. The zero-order valence-corrected chi connectivity index (χ0v) is 19.4. The normalized spacial score (nSPS) is 14.5. The molecule has 0 atom stereocenters. The predicted molar refractivity (Wildman–Crippen MR) is 129 cm³/mol. The molecule has 8 nitrogen and oxygen atoms in total. The number of ether oxygens (including phenoxy) is 2. The summed E-state index contributed by atoms with van der Waals surface area (Å²) in [7, 11) is 0. The minimum atomic E-state index is 0.191. The first-order valence-corrected chi connectivity index (χ1v) is 11.5. The quantitative estimate of drug-likeness (QED) is 0.429. The molecule has 0 aliphatic carbocycles. The van der Waals surface area contributed by atoms with Crippen molar-refractivity contribution in [2.24, 2.45) is 0 Å². The first-order chi connectivity index (χ1) is 16.1. The number of fused-ring (bicyclic) bond motifs is 1. The molecule has 172 valence electrons. The van der Waals surface area contributed by atoms with Crippen molar-refractivity contribution >= 4 is 16.9 Å². The van der Waals surface area contributed by atoms with E-state index in [4.69, 9.17) is 24.5 Å². The molecule has 0 radical (unpaired) electrons. The highest BCUT2D eigenvalue weighted by Crippen LogP contribution is 2.28. The topological polar surface area (TPSA) is 70.2 Å². The molecule has 4 heterocycles. The van der Waals surface area contributed by atoms with Crippen molar-refractivity contribution in [3.63, 3.8) is 0 Å². The van der Waals surface area contributed by atoms with E-state index in [-0.39, 0.29) is 6.10 Å². The summed E-state index contributed by atoms with van der Waals surface area (Å²) in [5.74, 6) is 0.773. The van der Waals surface area contributed by atoms with Gasteiger partial charge in [-0.3, -0.25) is 0 Å². The van der Waals surface area contributed by atoms with Gasteiger partial charge in [-0.2, -0.15) is 5.10 Å². The van der Waals surface area contributed by atoms with Gasteiger partial charge in [0, 0.05) is 37.5 Å². The second-order valence-electron chi connectivity index (χ2n) is 8.64. The largest absolute Gasteiger partial charge is 0.378 e. The Hall–Kier alpha value is -3.23. The summed E-state index contributed by atoms with van der Waals surface area (Å²) in [4.78, 5) is 12.0. The van der Waals surface area contributed by atoms with Crippen molar-refractivity contribution in [2.75, 3.05) is 37.8 Å². The fraction of sp³-hybridized carbons (Fsp3) is 0.400. The van der Waals surface area contributed by atoms with Gasteiger partial charge in [0.1, 0.15) is 5.52 Å². The van der Waals surface area contributed by atoms with Crippen LogP contribution >= 0.6 is 0 Å². The number of imidazole rings is 1. The van der Waals surface area contributed by atoms with Crippen LogP contribution in [-0.4, -0.2) is 63.3 Å². The molecular weight excluding hydrogens is 416 g/mol. The summed E-state index contributed by atoms with van der Waals surface area (Å²) in [6, 6.07) is 12.5. The third-order valence-corrected chi connectivity index (χ3v) is 5.81. The highest BCUT2D eigenvalue weighted by atomic mass is 16.5. The third kappa shape index (κ3) is 4.62. The summed E-state index contributed by atoms with van der Waals surface area (Å²) >= 11 is 0. The minimum absolute atomic E-state index is 0.191. The van der Waals surface area contributed by atoms with Gasteiger partial charge in [-0.25, -0.2) is 14.6 Å². The summed E-state index contributed by atoms with van der Waals surface area (Å²) in [5.41, 5.74) is 6.04. The van der Waals surface area contributed by atoms with Gasteiger partial charge in [0.05, 0.1) is 43.6 Å². The number of morpholine rings is 1. The predicted octanol–water partition coefficient (Wildman–Crippen LogP) is 3.85. The highest BCUT2D eigenvalue weighted by Gasteiger charge is 2.20. The Balaban J connectivity index is 1.55. The van der Waals surface area contributed by atoms with E-state index >= 15 is 0 Å². The number of hydrogen-bond acceptors (Lipinski definition) is 6. The van der Waals surface area contributed by atoms with E-state index in [0.717, 1.165) is 47.0 Å². The highest BCUT2D eigenvalue weighted by molar-refractivity contribution is 5.87. The average molecular weight is 447 g/mol. The van der Waals surface area contributed by atoms with Crippen LogP contribution in [0.15, 0.2) is 48.9 Å². The molecule has 0 bridgehead atoms. The number of pyridine rings is 1. The first kappa shape index (κ1) is 21.6. The van der Waals surface area contributed by atoms with Crippen LogP contribution in [-0.2, 0) is 16.0 Å². The van der Waals surface area contributed by atoms with Crippen LogP contribution in [0.3, 0.4) is 0 Å². The lowest BCUT2D eigenvalue weighted by atomic mass is 10.1. The van der Waals surface area contributed by atoms with Crippen LogP contribution < -0.4 is 4.90 Å². The number of anilines is 1. The van der Waals surface area contributed by atoms with E-state index in [2.05, 4.69) is 46.7 Å². The fourth-order valence-corrected chi connectivity index (χ4v) is 4.13.